The van der Waals surface area contributed by atoms with Gasteiger partial charge in [-0.25, -0.2) is 9.97 Å². The number of piperidine rings is 1. The number of amides is 1. The molecule has 1 unspecified atom stereocenters. The van der Waals surface area contributed by atoms with E-state index in [1.165, 1.54) is 12.1 Å². The number of nitrogens with one attached hydrogen (secondary N) is 1. The van der Waals surface area contributed by atoms with Crippen LogP contribution in [0.4, 0.5) is 19.1 Å². The number of hydrogen-bond donors (Lipinski definition) is 1. The Kier molecular flexibility index (Phi) is 6.61. The van der Waals surface area contributed by atoms with Gasteiger partial charge in [0, 0.05) is 36.6 Å². The van der Waals surface area contributed by atoms with Crippen molar-refractivity contribution < 1.29 is 22.7 Å². The van der Waals surface area contributed by atoms with Gasteiger partial charge in [0.05, 0.1) is 18.3 Å². The number of aromatic nitrogens is 2. The van der Waals surface area contributed by atoms with E-state index in [4.69, 9.17) is 4.74 Å². The Balaban J connectivity index is 1.25. The minimum absolute atomic E-state index is 0.00178. The minimum atomic E-state index is -4.48. The third-order valence-corrected chi connectivity index (χ3v) is 6.64. The Hall–Kier alpha value is -2.68. The van der Waals surface area contributed by atoms with Gasteiger partial charge in [0.1, 0.15) is 0 Å². The molecule has 4 rings (SSSR count). The maximum atomic E-state index is 12.9. The smallest absolute Gasteiger partial charge is 0.376 e. The van der Waals surface area contributed by atoms with E-state index in [2.05, 4.69) is 20.2 Å². The topological polar surface area (TPSA) is 67.4 Å². The molecule has 0 radical (unpaired) electrons. The molecular weight excluding hydrogens is 433 g/mol. The van der Waals surface area contributed by atoms with Crippen LogP contribution < -0.4 is 10.2 Å². The number of hydrogen-bond acceptors (Lipinski definition) is 5. The van der Waals surface area contributed by atoms with Crippen LogP contribution in [0.15, 0.2) is 30.3 Å². The molecule has 2 fully saturated rings. The van der Waals surface area contributed by atoms with E-state index >= 15 is 0 Å². The quantitative estimate of drug-likeness (QED) is 0.734. The summed E-state index contributed by atoms with van der Waals surface area (Å²) >= 11 is 0. The van der Waals surface area contributed by atoms with E-state index in [9.17, 15) is 18.0 Å². The lowest BCUT2D eigenvalue weighted by atomic mass is 9.73. The van der Waals surface area contributed by atoms with Gasteiger partial charge in [0.15, 0.2) is 0 Å². The fourth-order valence-electron chi connectivity index (χ4n) is 4.65. The molecule has 0 bridgehead atoms. The zero-order valence-corrected chi connectivity index (χ0v) is 18.9. The first-order valence-electron chi connectivity index (χ1n) is 11.3. The Bertz CT molecular complexity index is 973. The number of carbonyl (C=O) groups is 1. The molecule has 6 nitrogen and oxygen atoms in total. The van der Waals surface area contributed by atoms with Crippen molar-refractivity contribution in [2.24, 2.45) is 5.41 Å². The first-order valence-corrected chi connectivity index (χ1v) is 11.3. The molecule has 1 spiro atoms. The highest BCUT2D eigenvalue weighted by Crippen LogP contribution is 2.41. The highest BCUT2D eigenvalue weighted by molar-refractivity contribution is 5.94. The number of halogens is 3. The summed E-state index contributed by atoms with van der Waals surface area (Å²) in [6.07, 6.45) is -0.816. The summed E-state index contributed by atoms with van der Waals surface area (Å²) in [4.78, 5) is 23.7. The predicted octanol–water partition coefficient (Wildman–Crippen LogP) is 4.31. The highest BCUT2D eigenvalue weighted by atomic mass is 19.4. The van der Waals surface area contributed by atoms with E-state index in [0.29, 0.717) is 6.61 Å². The van der Waals surface area contributed by atoms with E-state index in [1.54, 1.807) is 0 Å². The molecule has 1 aromatic heterocycles. The molecule has 1 amide bonds. The number of nitrogens with zero attached hydrogens (tertiary/aromatic N) is 3. The van der Waals surface area contributed by atoms with Gasteiger partial charge in [-0.3, -0.25) is 4.79 Å². The Morgan fingerprint density at radius 1 is 1.15 bits per heavy atom. The van der Waals surface area contributed by atoms with E-state index in [0.717, 1.165) is 68.2 Å². The molecule has 0 saturated carbocycles. The third kappa shape index (κ3) is 5.63. The predicted molar refractivity (Wildman–Crippen MR) is 118 cm³/mol. The van der Waals surface area contributed by atoms with Gasteiger partial charge < -0.3 is 15.0 Å². The third-order valence-electron chi connectivity index (χ3n) is 6.64. The molecule has 33 heavy (non-hydrogen) atoms. The molecule has 1 N–H and O–H groups in total. The molecule has 2 saturated heterocycles. The number of carbonyl (C=O) groups excluding carboxylic acids is 1. The first-order chi connectivity index (χ1) is 15.6. The highest BCUT2D eigenvalue weighted by Gasteiger charge is 2.39. The monoisotopic (exact) mass is 462 g/mol. The van der Waals surface area contributed by atoms with Crippen LogP contribution in [0, 0.1) is 19.3 Å². The second-order valence-electron chi connectivity index (χ2n) is 9.20. The summed E-state index contributed by atoms with van der Waals surface area (Å²) < 4.78 is 44.7. The molecule has 2 aliphatic rings. The van der Waals surface area contributed by atoms with Gasteiger partial charge in [-0.1, -0.05) is 6.07 Å². The molecular formula is C24H29F3N4O2. The van der Waals surface area contributed by atoms with Gasteiger partial charge in [0.2, 0.25) is 5.95 Å². The van der Waals surface area contributed by atoms with Gasteiger partial charge in [-0.15, -0.1) is 0 Å². The number of rotatable bonds is 4. The minimum Gasteiger partial charge on any atom is -0.376 e. The zero-order chi connectivity index (χ0) is 23.6. The maximum absolute atomic E-state index is 12.9. The van der Waals surface area contributed by atoms with Crippen LogP contribution in [0.1, 0.15) is 53.0 Å². The van der Waals surface area contributed by atoms with Crippen molar-refractivity contribution in [2.75, 3.05) is 31.1 Å². The lowest BCUT2D eigenvalue weighted by Gasteiger charge is -2.45. The van der Waals surface area contributed by atoms with E-state index in [1.807, 2.05) is 19.9 Å². The Morgan fingerprint density at radius 2 is 1.85 bits per heavy atom. The number of benzene rings is 1. The number of anilines is 1. The Morgan fingerprint density at radius 3 is 2.45 bits per heavy atom. The van der Waals surface area contributed by atoms with Gasteiger partial charge >= 0.3 is 6.18 Å². The van der Waals surface area contributed by atoms with Gasteiger partial charge in [-0.05, 0) is 69.2 Å². The fourth-order valence-corrected chi connectivity index (χ4v) is 4.65. The summed E-state index contributed by atoms with van der Waals surface area (Å²) in [5.41, 5.74) is 1.22. The largest absolute Gasteiger partial charge is 0.416 e. The second-order valence-corrected chi connectivity index (χ2v) is 9.20. The number of ether oxygens (including phenoxy) is 1. The number of alkyl halides is 3. The van der Waals surface area contributed by atoms with E-state index in [-0.39, 0.29) is 23.6 Å². The van der Waals surface area contributed by atoms with Crippen LogP contribution in [0.3, 0.4) is 0 Å². The lowest BCUT2D eigenvalue weighted by molar-refractivity contribution is -0.137. The molecule has 2 aliphatic heterocycles. The molecule has 1 aromatic carbocycles. The van der Waals surface area contributed by atoms with Crippen molar-refractivity contribution in [1.82, 2.24) is 15.3 Å². The summed E-state index contributed by atoms with van der Waals surface area (Å²) in [6.45, 7) is 6.62. The van der Waals surface area contributed by atoms with Crippen LogP contribution in [0.25, 0.3) is 0 Å². The maximum Gasteiger partial charge on any atom is 0.416 e. The SMILES string of the molecule is Cc1cc(C)nc(N2CCC3(CCC(CNC(=O)c4cccc(C(F)(F)F)c4)OC3)CC2)n1. The van der Waals surface area contributed by atoms with Crippen molar-refractivity contribution in [3.05, 3.63) is 52.8 Å². The Labute approximate surface area is 191 Å². The van der Waals surface area contributed by atoms with Gasteiger partial charge in [-0.2, -0.15) is 13.2 Å². The van der Waals surface area contributed by atoms with Crippen molar-refractivity contribution in [3.63, 3.8) is 0 Å². The molecule has 2 aromatic rings. The average Bonchev–Trinajstić information content (AvgIpc) is 2.78. The second kappa shape index (κ2) is 9.29. The zero-order valence-electron chi connectivity index (χ0n) is 18.9. The summed E-state index contributed by atoms with van der Waals surface area (Å²) in [5.74, 6) is 0.265. The normalized spacial score (nSPS) is 20.6. The van der Waals surface area contributed by atoms with Crippen molar-refractivity contribution >= 4 is 11.9 Å². The van der Waals surface area contributed by atoms with Crippen LogP contribution in [-0.2, 0) is 10.9 Å². The first kappa shape index (κ1) is 23.5. The van der Waals surface area contributed by atoms with Gasteiger partial charge in [0.25, 0.3) is 5.91 Å². The average molecular weight is 463 g/mol. The fraction of sp³-hybridized carbons (Fsp3) is 0.542. The summed E-state index contributed by atoms with van der Waals surface area (Å²) in [5, 5.41) is 2.72. The van der Waals surface area contributed by atoms with Crippen LogP contribution in [0.2, 0.25) is 0 Å². The standard InChI is InChI=1S/C24H29F3N4O2/c1-16-12-17(2)30-22(29-16)31-10-8-23(9-11-31)7-6-20(33-15-23)14-28-21(32)18-4-3-5-19(13-18)24(25,26)27/h3-5,12-13,20H,6-11,14-15H2,1-2H3,(H,28,32). The number of aryl methyl sites for hydroxylation is 2. The molecule has 9 heteroatoms. The summed E-state index contributed by atoms with van der Waals surface area (Å²) in [6, 6.07) is 6.43. The van der Waals surface area contributed by atoms with Crippen LogP contribution >= 0.6 is 0 Å². The van der Waals surface area contributed by atoms with Crippen molar-refractivity contribution in [3.8, 4) is 0 Å². The summed E-state index contributed by atoms with van der Waals surface area (Å²) in [7, 11) is 0. The molecule has 178 valence electrons. The van der Waals surface area contributed by atoms with Crippen LogP contribution in [0.5, 0.6) is 0 Å². The van der Waals surface area contributed by atoms with E-state index < -0.39 is 17.6 Å². The van der Waals surface area contributed by atoms with Crippen molar-refractivity contribution in [1.29, 1.82) is 0 Å². The van der Waals surface area contributed by atoms with Crippen LogP contribution in [-0.4, -0.2) is 48.2 Å². The lowest BCUT2D eigenvalue weighted by Crippen LogP contribution is -2.48. The molecule has 1 atom stereocenters. The molecule has 3 heterocycles. The van der Waals surface area contributed by atoms with Crippen molar-refractivity contribution in [2.45, 2.75) is 51.8 Å². The molecule has 0 aliphatic carbocycles.